The molecule has 1 saturated heterocycles. The number of aromatic hydroxyl groups is 1. The number of nitrogens with one attached hydrogen (secondary N) is 1. The topological polar surface area (TPSA) is 48.4 Å². The minimum atomic E-state index is 0.257. The van der Waals surface area contributed by atoms with Crippen molar-refractivity contribution in [3.8, 4) is 5.75 Å². The summed E-state index contributed by atoms with van der Waals surface area (Å²) in [4.78, 5) is 7.12. The average Bonchev–Trinajstić information content (AvgIpc) is 2.52. The number of aromatic nitrogens is 1. The summed E-state index contributed by atoms with van der Waals surface area (Å²) in [6.45, 7) is 6.71. The Labute approximate surface area is 133 Å². The fourth-order valence-corrected chi connectivity index (χ4v) is 4.04. The van der Waals surface area contributed by atoms with E-state index >= 15 is 0 Å². The van der Waals surface area contributed by atoms with E-state index < -0.39 is 0 Å². The van der Waals surface area contributed by atoms with E-state index in [0.29, 0.717) is 17.4 Å². The van der Waals surface area contributed by atoms with Crippen molar-refractivity contribution < 1.29 is 5.11 Å². The SMILES string of the molecule is Cc1ccc(O)c(NC2CCN(C3(C)CCCCC3)CC2)n1. The summed E-state index contributed by atoms with van der Waals surface area (Å²) in [5.41, 5.74) is 1.36. The van der Waals surface area contributed by atoms with Gasteiger partial charge in [0.05, 0.1) is 0 Å². The molecular weight excluding hydrogens is 274 g/mol. The summed E-state index contributed by atoms with van der Waals surface area (Å²) in [5, 5.41) is 13.4. The van der Waals surface area contributed by atoms with E-state index in [2.05, 4.69) is 22.1 Å². The van der Waals surface area contributed by atoms with Crippen LogP contribution in [0.1, 0.15) is 57.6 Å². The van der Waals surface area contributed by atoms with Crippen molar-refractivity contribution in [2.75, 3.05) is 18.4 Å². The van der Waals surface area contributed by atoms with Crippen LogP contribution in [0, 0.1) is 6.92 Å². The lowest BCUT2D eigenvalue weighted by Crippen LogP contribution is -2.52. The van der Waals surface area contributed by atoms with Crippen LogP contribution in [0.3, 0.4) is 0 Å². The molecule has 0 atom stereocenters. The predicted octanol–water partition coefficient (Wildman–Crippen LogP) is 3.69. The van der Waals surface area contributed by atoms with Gasteiger partial charge < -0.3 is 10.4 Å². The Morgan fingerprint density at radius 3 is 2.55 bits per heavy atom. The molecule has 2 fully saturated rings. The highest BCUT2D eigenvalue weighted by atomic mass is 16.3. The molecule has 4 heteroatoms. The first-order valence-corrected chi connectivity index (χ1v) is 8.75. The summed E-state index contributed by atoms with van der Waals surface area (Å²) < 4.78 is 0. The first-order valence-electron chi connectivity index (χ1n) is 8.75. The fourth-order valence-electron chi connectivity index (χ4n) is 4.04. The summed E-state index contributed by atoms with van der Waals surface area (Å²) in [6.07, 6.45) is 9.14. The number of hydrogen-bond donors (Lipinski definition) is 2. The second-order valence-corrected chi connectivity index (χ2v) is 7.28. The van der Waals surface area contributed by atoms with Gasteiger partial charge in [0.25, 0.3) is 0 Å². The molecule has 0 spiro atoms. The van der Waals surface area contributed by atoms with Gasteiger partial charge in [0.1, 0.15) is 0 Å². The summed E-state index contributed by atoms with van der Waals surface area (Å²) >= 11 is 0. The first kappa shape index (κ1) is 15.6. The van der Waals surface area contributed by atoms with Crippen LogP contribution in [0.15, 0.2) is 12.1 Å². The highest BCUT2D eigenvalue weighted by Crippen LogP contribution is 2.35. The van der Waals surface area contributed by atoms with Crippen LogP contribution in [0.5, 0.6) is 5.75 Å². The minimum absolute atomic E-state index is 0.257. The molecule has 0 amide bonds. The van der Waals surface area contributed by atoms with Gasteiger partial charge in [-0.15, -0.1) is 0 Å². The van der Waals surface area contributed by atoms with Gasteiger partial charge in [-0.25, -0.2) is 4.98 Å². The maximum atomic E-state index is 9.93. The van der Waals surface area contributed by atoms with Crippen molar-refractivity contribution in [1.29, 1.82) is 0 Å². The first-order chi connectivity index (χ1) is 10.6. The quantitative estimate of drug-likeness (QED) is 0.894. The number of piperidine rings is 1. The number of rotatable bonds is 3. The third-order valence-corrected chi connectivity index (χ3v) is 5.54. The zero-order chi connectivity index (χ0) is 15.6. The number of aryl methyl sites for hydroxylation is 1. The zero-order valence-corrected chi connectivity index (χ0v) is 13.9. The number of pyridine rings is 1. The molecule has 4 nitrogen and oxygen atoms in total. The van der Waals surface area contributed by atoms with Crippen molar-refractivity contribution in [2.45, 2.75) is 70.4 Å². The van der Waals surface area contributed by atoms with Gasteiger partial charge in [-0.2, -0.15) is 0 Å². The van der Waals surface area contributed by atoms with Gasteiger partial charge in [-0.3, -0.25) is 4.90 Å². The molecule has 1 aromatic rings. The molecule has 0 bridgehead atoms. The maximum Gasteiger partial charge on any atom is 0.168 e. The Kier molecular flexibility index (Phi) is 4.57. The van der Waals surface area contributed by atoms with E-state index in [9.17, 15) is 5.11 Å². The molecule has 0 unspecified atom stereocenters. The number of likely N-dealkylation sites (tertiary alicyclic amines) is 1. The van der Waals surface area contributed by atoms with Crippen molar-refractivity contribution in [2.24, 2.45) is 0 Å². The Morgan fingerprint density at radius 2 is 1.86 bits per heavy atom. The van der Waals surface area contributed by atoms with Crippen molar-refractivity contribution >= 4 is 5.82 Å². The summed E-state index contributed by atoms with van der Waals surface area (Å²) in [6, 6.07) is 3.99. The van der Waals surface area contributed by atoms with Gasteiger partial charge in [0.15, 0.2) is 11.6 Å². The predicted molar refractivity (Wildman–Crippen MR) is 90.3 cm³/mol. The molecule has 1 aliphatic heterocycles. The van der Waals surface area contributed by atoms with Crippen LogP contribution in [0.2, 0.25) is 0 Å². The molecule has 2 aliphatic rings. The van der Waals surface area contributed by atoms with E-state index in [0.717, 1.165) is 31.6 Å². The third-order valence-electron chi connectivity index (χ3n) is 5.54. The Morgan fingerprint density at radius 1 is 1.18 bits per heavy atom. The Hall–Kier alpha value is -1.29. The smallest absolute Gasteiger partial charge is 0.168 e. The zero-order valence-electron chi connectivity index (χ0n) is 13.9. The molecule has 2 heterocycles. The normalized spacial score (nSPS) is 23.4. The summed E-state index contributed by atoms with van der Waals surface area (Å²) in [7, 11) is 0. The molecule has 0 aromatic carbocycles. The molecule has 22 heavy (non-hydrogen) atoms. The van der Waals surface area contributed by atoms with Gasteiger partial charge in [0, 0.05) is 30.4 Å². The average molecular weight is 303 g/mol. The van der Waals surface area contributed by atoms with Crippen LogP contribution in [0.25, 0.3) is 0 Å². The second-order valence-electron chi connectivity index (χ2n) is 7.28. The van der Waals surface area contributed by atoms with Crippen LogP contribution in [0.4, 0.5) is 5.82 Å². The molecule has 1 aromatic heterocycles. The van der Waals surface area contributed by atoms with E-state index in [1.165, 1.54) is 32.1 Å². The van der Waals surface area contributed by atoms with Crippen molar-refractivity contribution in [1.82, 2.24) is 9.88 Å². The third kappa shape index (κ3) is 3.37. The van der Waals surface area contributed by atoms with Gasteiger partial charge >= 0.3 is 0 Å². The molecule has 3 rings (SSSR count). The summed E-state index contributed by atoms with van der Waals surface area (Å²) in [5.74, 6) is 0.898. The van der Waals surface area contributed by atoms with E-state index in [1.807, 2.05) is 13.0 Å². The molecular formula is C18H29N3O. The number of anilines is 1. The monoisotopic (exact) mass is 303 g/mol. The van der Waals surface area contributed by atoms with Gasteiger partial charge in [-0.05, 0) is 51.7 Å². The highest BCUT2D eigenvalue weighted by Gasteiger charge is 2.35. The van der Waals surface area contributed by atoms with Crippen LogP contribution in [-0.2, 0) is 0 Å². The fraction of sp³-hybridized carbons (Fsp3) is 0.722. The van der Waals surface area contributed by atoms with E-state index in [-0.39, 0.29) is 5.75 Å². The van der Waals surface area contributed by atoms with Gasteiger partial charge in [-0.1, -0.05) is 19.3 Å². The lowest BCUT2D eigenvalue weighted by Gasteiger charge is -2.47. The molecule has 1 aliphatic carbocycles. The molecule has 0 radical (unpaired) electrons. The van der Waals surface area contributed by atoms with Crippen molar-refractivity contribution in [3.05, 3.63) is 17.8 Å². The molecule has 1 saturated carbocycles. The van der Waals surface area contributed by atoms with E-state index in [1.54, 1.807) is 6.07 Å². The highest BCUT2D eigenvalue weighted by molar-refractivity contribution is 5.50. The largest absolute Gasteiger partial charge is 0.504 e. The Bertz CT molecular complexity index is 503. The number of hydrogen-bond acceptors (Lipinski definition) is 4. The van der Waals surface area contributed by atoms with Crippen LogP contribution < -0.4 is 5.32 Å². The Balaban J connectivity index is 1.56. The lowest BCUT2D eigenvalue weighted by molar-refractivity contribution is 0.0457. The minimum Gasteiger partial charge on any atom is -0.504 e. The lowest BCUT2D eigenvalue weighted by atomic mass is 9.80. The van der Waals surface area contributed by atoms with Crippen molar-refractivity contribution in [3.63, 3.8) is 0 Å². The van der Waals surface area contributed by atoms with Gasteiger partial charge in [0.2, 0.25) is 0 Å². The van der Waals surface area contributed by atoms with Crippen LogP contribution >= 0.6 is 0 Å². The number of nitrogens with zero attached hydrogens (tertiary/aromatic N) is 2. The van der Waals surface area contributed by atoms with Crippen LogP contribution in [-0.4, -0.2) is 39.7 Å². The standard InChI is InChI=1S/C18H29N3O/c1-14-6-7-16(22)17(19-14)20-15-8-12-21(13-9-15)18(2)10-4-3-5-11-18/h6-7,15,22H,3-5,8-13H2,1-2H3,(H,19,20). The molecule has 122 valence electrons. The van der Waals surface area contributed by atoms with E-state index in [4.69, 9.17) is 0 Å². The second kappa shape index (κ2) is 6.45. The maximum absolute atomic E-state index is 9.93. The molecule has 2 N–H and O–H groups in total.